The lowest BCUT2D eigenvalue weighted by atomic mass is 10.2. The average Bonchev–Trinajstić information content (AvgIpc) is 2.49. The van der Waals surface area contributed by atoms with Gasteiger partial charge in [0.15, 0.2) is 11.5 Å². The number of hydrogen-bond acceptors (Lipinski definition) is 3. The van der Waals surface area contributed by atoms with Crippen LogP contribution in [0.3, 0.4) is 0 Å². The van der Waals surface area contributed by atoms with E-state index in [1.165, 1.54) is 6.07 Å². The van der Waals surface area contributed by atoms with Gasteiger partial charge >= 0.3 is 6.18 Å². The van der Waals surface area contributed by atoms with E-state index in [4.69, 9.17) is 14.6 Å². The summed E-state index contributed by atoms with van der Waals surface area (Å²) in [4.78, 5) is 0. The van der Waals surface area contributed by atoms with Crippen molar-refractivity contribution in [3.05, 3.63) is 54.1 Å². The van der Waals surface area contributed by atoms with Crippen LogP contribution in [0, 0.1) is 0 Å². The molecule has 0 saturated heterocycles. The molecule has 0 saturated carbocycles. The van der Waals surface area contributed by atoms with Crippen LogP contribution in [0.25, 0.3) is 0 Å². The highest BCUT2D eigenvalue weighted by Crippen LogP contribution is 2.38. The molecule has 0 aliphatic carbocycles. The van der Waals surface area contributed by atoms with Crippen molar-refractivity contribution in [3.63, 3.8) is 0 Å². The van der Waals surface area contributed by atoms with Crippen molar-refractivity contribution in [1.82, 2.24) is 0 Å². The number of alkyl halides is 3. The van der Waals surface area contributed by atoms with Gasteiger partial charge in [-0.25, -0.2) is 0 Å². The Kier molecular flexibility index (Phi) is 5.50. The van der Waals surface area contributed by atoms with E-state index in [9.17, 15) is 13.2 Å². The fourth-order valence-corrected chi connectivity index (χ4v) is 1.93. The van der Waals surface area contributed by atoms with Crippen LogP contribution in [0.1, 0.15) is 18.9 Å². The van der Waals surface area contributed by atoms with Gasteiger partial charge in [-0.15, -0.1) is 0 Å². The van der Waals surface area contributed by atoms with E-state index in [0.29, 0.717) is 12.2 Å². The minimum absolute atomic E-state index is 0.0178. The summed E-state index contributed by atoms with van der Waals surface area (Å²) in [6.45, 7) is 1.65. The summed E-state index contributed by atoms with van der Waals surface area (Å²) in [5, 5.41) is 8.91. The van der Waals surface area contributed by atoms with E-state index >= 15 is 0 Å². The molecular weight excluding hydrogens is 309 g/mol. The third-order valence-corrected chi connectivity index (χ3v) is 3.11. The van der Waals surface area contributed by atoms with Crippen molar-refractivity contribution in [2.45, 2.75) is 25.6 Å². The van der Waals surface area contributed by atoms with E-state index in [2.05, 4.69) is 0 Å². The first-order chi connectivity index (χ1) is 10.9. The van der Waals surface area contributed by atoms with E-state index in [0.717, 1.165) is 12.1 Å². The highest BCUT2D eigenvalue weighted by molar-refractivity contribution is 5.46. The second-order valence-corrected chi connectivity index (χ2v) is 5.02. The number of halogens is 3. The fourth-order valence-electron chi connectivity index (χ4n) is 1.93. The molecule has 1 N–H and O–H groups in total. The first-order valence-electron chi connectivity index (χ1n) is 7.12. The number of para-hydroxylation sites is 1. The lowest BCUT2D eigenvalue weighted by molar-refractivity contribution is -0.137. The predicted molar refractivity (Wildman–Crippen MR) is 79.8 cm³/mol. The Bertz CT molecular complexity index is 627. The van der Waals surface area contributed by atoms with Gasteiger partial charge in [0.25, 0.3) is 0 Å². The number of rotatable bonds is 6. The summed E-state index contributed by atoms with van der Waals surface area (Å²) in [5.41, 5.74) is -0.814. The van der Waals surface area contributed by atoms with Gasteiger partial charge in [-0.3, -0.25) is 0 Å². The average molecular weight is 326 g/mol. The molecular formula is C17H17F3O3. The maximum absolute atomic E-state index is 12.9. The first kappa shape index (κ1) is 17.1. The van der Waals surface area contributed by atoms with Gasteiger partial charge in [0.1, 0.15) is 5.75 Å². The molecule has 0 fully saturated rings. The van der Waals surface area contributed by atoms with E-state index < -0.39 is 11.7 Å². The highest BCUT2D eigenvalue weighted by atomic mass is 19.4. The summed E-state index contributed by atoms with van der Waals surface area (Å²) in [7, 11) is 0. The zero-order valence-corrected chi connectivity index (χ0v) is 12.5. The van der Waals surface area contributed by atoms with Gasteiger partial charge in [-0.05, 0) is 37.3 Å². The molecule has 0 spiro atoms. The zero-order chi connectivity index (χ0) is 16.9. The number of hydrogen-bond donors (Lipinski definition) is 1. The van der Waals surface area contributed by atoms with Crippen LogP contribution in [-0.4, -0.2) is 17.8 Å². The number of aliphatic hydroxyl groups excluding tert-OH is 1. The van der Waals surface area contributed by atoms with Crippen molar-refractivity contribution in [1.29, 1.82) is 0 Å². The van der Waals surface area contributed by atoms with Crippen LogP contribution in [0.2, 0.25) is 0 Å². The van der Waals surface area contributed by atoms with Crippen molar-refractivity contribution in [3.8, 4) is 17.2 Å². The van der Waals surface area contributed by atoms with Gasteiger partial charge in [-0.1, -0.05) is 18.2 Å². The third kappa shape index (κ3) is 4.89. The van der Waals surface area contributed by atoms with Crippen LogP contribution in [0.5, 0.6) is 17.2 Å². The molecule has 0 radical (unpaired) electrons. The molecule has 0 aromatic heterocycles. The Morgan fingerprint density at radius 3 is 2.35 bits per heavy atom. The van der Waals surface area contributed by atoms with Crippen LogP contribution in [0.4, 0.5) is 13.2 Å². The second-order valence-electron chi connectivity index (χ2n) is 5.02. The number of benzene rings is 2. The Hall–Kier alpha value is -2.21. The lowest BCUT2D eigenvalue weighted by Gasteiger charge is -2.18. The molecule has 0 bridgehead atoms. The first-order valence-corrected chi connectivity index (χ1v) is 7.12. The predicted octanol–water partition coefficient (Wildman–Crippen LogP) is 4.65. The Morgan fingerprint density at radius 1 is 1.04 bits per heavy atom. The molecule has 0 heterocycles. The molecule has 2 aromatic rings. The third-order valence-electron chi connectivity index (χ3n) is 3.11. The molecule has 0 aliphatic rings. The van der Waals surface area contributed by atoms with E-state index in [1.54, 1.807) is 37.3 Å². The topological polar surface area (TPSA) is 38.7 Å². The quantitative estimate of drug-likeness (QED) is 0.840. The maximum Gasteiger partial charge on any atom is 0.416 e. The number of aliphatic hydroxyl groups is 1. The van der Waals surface area contributed by atoms with Crippen molar-refractivity contribution < 1.29 is 27.8 Å². The summed E-state index contributed by atoms with van der Waals surface area (Å²) in [5.74, 6) is 0.588. The van der Waals surface area contributed by atoms with Crippen molar-refractivity contribution >= 4 is 0 Å². The van der Waals surface area contributed by atoms with Gasteiger partial charge in [0.2, 0.25) is 0 Å². The fraction of sp³-hybridized carbons (Fsp3) is 0.294. The highest BCUT2D eigenvalue weighted by Gasteiger charge is 2.31. The number of ether oxygens (including phenoxy) is 2. The zero-order valence-electron chi connectivity index (χ0n) is 12.5. The molecule has 1 atom stereocenters. The summed E-state index contributed by atoms with van der Waals surface area (Å²) in [6.07, 6.45) is -4.45. The molecule has 1 unspecified atom stereocenters. The SMILES string of the molecule is CC(CCO)Oc1ccc(C(F)(F)F)cc1Oc1ccccc1. The summed E-state index contributed by atoms with van der Waals surface area (Å²) >= 11 is 0. The molecule has 3 nitrogen and oxygen atoms in total. The molecule has 2 rings (SSSR count). The Morgan fingerprint density at radius 2 is 1.74 bits per heavy atom. The molecule has 0 aliphatic heterocycles. The van der Waals surface area contributed by atoms with Gasteiger partial charge in [0.05, 0.1) is 11.7 Å². The lowest BCUT2D eigenvalue weighted by Crippen LogP contribution is -2.14. The standard InChI is InChI=1S/C17H17F3O3/c1-12(9-10-21)22-15-8-7-13(17(18,19)20)11-16(15)23-14-5-3-2-4-6-14/h2-8,11-12,21H,9-10H2,1H3. The Labute approximate surface area is 132 Å². The van der Waals surface area contributed by atoms with Crippen LogP contribution in [-0.2, 0) is 6.18 Å². The van der Waals surface area contributed by atoms with Gasteiger partial charge in [0, 0.05) is 13.0 Å². The van der Waals surface area contributed by atoms with E-state index in [1.807, 2.05) is 0 Å². The smallest absolute Gasteiger partial charge is 0.416 e. The van der Waals surface area contributed by atoms with Gasteiger partial charge in [-0.2, -0.15) is 13.2 Å². The maximum atomic E-state index is 12.9. The summed E-state index contributed by atoms with van der Waals surface area (Å²) < 4.78 is 49.8. The molecule has 0 amide bonds. The van der Waals surface area contributed by atoms with Crippen molar-refractivity contribution in [2.75, 3.05) is 6.61 Å². The van der Waals surface area contributed by atoms with Crippen LogP contribution >= 0.6 is 0 Å². The van der Waals surface area contributed by atoms with Crippen LogP contribution < -0.4 is 9.47 Å². The summed E-state index contributed by atoms with van der Waals surface area (Å²) in [6, 6.07) is 11.6. The minimum Gasteiger partial charge on any atom is -0.487 e. The molecule has 6 heteroatoms. The normalized spacial score (nSPS) is 12.7. The molecule has 2 aromatic carbocycles. The van der Waals surface area contributed by atoms with E-state index in [-0.39, 0.29) is 24.2 Å². The second kappa shape index (κ2) is 7.37. The minimum atomic E-state index is -4.47. The van der Waals surface area contributed by atoms with Gasteiger partial charge < -0.3 is 14.6 Å². The monoisotopic (exact) mass is 326 g/mol. The van der Waals surface area contributed by atoms with Crippen molar-refractivity contribution in [2.24, 2.45) is 0 Å². The molecule has 23 heavy (non-hydrogen) atoms. The largest absolute Gasteiger partial charge is 0.487 e. The Balaban J connectivity index is 2.33. The van der Waals surface area contributed by atoms with Crippen LogP contribution in [0.15, 0.2) is 48.5 Å². The molecule has 124 valence electrons.